The Bertz CT molecular complexity index is 1680. The average molecular weight is 757 g/mol. The monoisotopic (exact) mass is 756 g/mol. The van der Waals surface area contributed by atoms with E-state index in [-0.39, 0.29) is 29.5 Å². The minimum atomic E-state index is -3.27. The number of hydrogen-bond donors (Lipinski definition) is 3. The fourth-order valence-corrected chi connectivity index (χ4v) is 6.32. The van der Waals surface area contributed by atoms with Gasteiger partial charge in [0, 0.05) is 31.3 Å². The largest absolute Gasteiger partial charge is 0.494 e. The number of furan rings is 1. The predicted molar refractivity (Wildman–Crippen MR) is 195 cm³/mol. The van der Waals surface area contributed by atoms with Gasteiger partial charge in [-0.1, -0.05) is 45.2 Å². The number of nitrogens with one attached hydrogen (secondary N) is 2. The highest BCUT2D eigenvalue weighted by Gasteiger charge is 2.33. The minimum absolute atomic E-state index is 0.0478. The van der Waals surface area contributed by atoms with E-state index in [1.54, 1.807) is 38.1 Å². The highest BCUT2D eigenvalue weighted by molar-refractivity contribution is 7.32. The Kier molecular flexibility index (Phi) is 16.4. The van der Waals surface area contributed by atoms with Crippen molar-refractivity contribution in [3.05, 3.63) is 71.5 Å². The summed E-state index contributed by atoms with van der Waals surface area (Å²) in [6, 6.07) is 13.8. The number of rotatable bonds is 21. The Hall–Kier alpha value is -4.69. The number of carbonyl (C=O) groups is 4. The lowest BCUT2D eigenvalue weighted by atomic mass is 9.90. The van der Waals surface area contributed by atoms with E-state index in [1.165, 1.54) is 18.2 Å². The van der Waals surface area contributed by atoms with Gasteiger partial charge < -0.3 is 38.8 Å². The first-order valence-corrected chi connectivity index (χ1v) is 19.1. The molecule has 3 unspecified atom stereocenters. The second-order valence-electron chi connectivity index (χ2n) is 12.4. The lowest BCUT2D eigenvalue weighted by Crippen LogP contribution is -2.49. The molecule has 2 heterocycles. The smallest absolute Gasteiger partial charge is 0.365 e. The van der Waals surface area contributed by atoms with E-state index in [4.69, 9.17) is 23.3 Å². The Morgan fingerprint density at radius 3 is 2.40 bits per heavy atom. The molecule has 4 rings (SSSR count). The molecule has 3 atom stereocenters. The Morgan fingerprint density at radius 1 is 1.00 bits per heavy atom. The molecule has 1 aromatic heterocycles. The van der Waals surface area contributed by atoms with E-state index in [2.05, 4.69) is 15.5 Å². The molecule has 3 N–H and O–H groups in total. The molecule has 0 saturated carbocycles. The van der Waals surface area contributed by atoms with E-state index >= 15 is 0 Å². The fraction of sp³-hybridized carbons (Fsp3) is 0.459. The molecule has 53 heavy (non-hydrogen) atoms. The second-order valence-corrected chi connectivity index (χ2v) is 13.1. The molecule has 0 aliphatic carbocycles. The predicted octanol–water partition coefficient (Wildman–Crippen LogP) is 4.95. The average Bonchev–Trinajstić information content (AvgIpc) is 3.65. The van der Waals surface area contributed by atoms with Crippen molar-refractivity contribution in [1.29, 1.82) is 0 Å². The third-order valence-electron chi connectivity index (χ3n) is 8.68. The van der Waals surface area contributed by atoms with E-state index in [9.17, 15) is 28.6 Å². The van der Waals surface area contributed by atoms with Crippen LogP contribution in [-0.2, 0) is 30.3 Å². The van der Waals surface area contributed by atoms with Gasteiger partial charge in [0.05, 0.1) is 44.0 Å². The number of amides is 3. The third-order valence-corrected chi connectivity index (χ3v) is 9.09. The number of morpholine rings is 1. The standard InChI is InChI=1S/C37H49N4O11P/c1-4-7-8-9-31(32(5-2)41(25-42)51-37(45)27-12-10-26(11-13-27)23-40-16-18-48-19-17-40)35(43)38-24-39-36(44)34-15-14-33(50-34)28-20-29(49-6-3)22-30(21-28)52-53(46)47/h10-15,20-22,25,31-32,53H,4-9,16-19,23-24H2,1-3H3,(H,38,43)(H,39,44)(H,46,47). The number of hydrogen-bond acceptors (Lipinski definition) is 11. The maximum absolute atomic E-state index is 13.6. The fourth-order valence-electron chi connectivity index (χ4n) is 6.00. The summed E-state index contributed by atoms with van der Waals surface area (Å²) in [6.45, 7) is 9.50. The molecule has 1 saturated heterocycles. The Morgan fingerprint density at radius 2 is 1.74 bits per heavy atom. The first-order chi connectivity index (χ1) is 25.6. The van der Waals surface area contributed by atoms with Crippen LogP contribution in [0.25, 0.3) is 11.3 Å². The third kappa shape index (κ3) is 12.5. The van der Waals surface area contributed by atoms with Crippen LogP contribution in [0.5, 0.6) is 11.5 Å². The van der Waals surface area contributed by atoms with Crippen molar-refractivity contribution < 1.29 is 51.9 Å². The van der Waals surface area contributed by atoms with Crippen molar-refractivity contribution in [2.75, 3.05) is 39.6 Å². The molecule has 0 bridgehead atoms. The van der Waals surface area contributed by atoms with Crippen LogP contribution in [-0.4, -0.2) is 84.7 Å². The molecule has 288 valence electrons. The second kappa shape index (κ2) is 21.1. The first-order valence-electron chi connectivity index (χ1n) is 17.8. The van der Waals surface area contributed by atoms with Gasteiger partial charge in [0.15, 0.2) is 5.76 Å². The molecule has 3 amide bonds. The Balaban J connectivity index is 1.37. The molecule has 1 fully saturated rings. The van der Waals surface area contributed by atoms with Crippen molar-refractivity contribution in [2.45, 2.75) is 65.5 Å². The van der Waals surface area contributed by atoms with E-state index in [1.807, 2.05) is 19.1 Å². The lowest BCUT2D eigenvalue weighted by Gasteiger charge is -2.31. The molecular weight excluding hydrogens is 707 g/mol. The van der Waals surface area contributed by atoms with Gasteiger partial charge in [0.1, 0.15) is 17.3 Å². The maximum Gasteiger partial charge on any atom is 0.365 e. The van der Waals surface area contributed by atoms with Gasteiger partial charge in [-0.2, -0.15) is 5.06 Å². The van der Waals surface area contributed by atoms with Crippen LogP contribution in [0.15, 0.2) is 59.0 Å². The van der Waals surface area contributed by atoms with Crippen molar-refractivity contribution in [1.82, 2.24) is 20.6 Å². The van der Waals surface area contributed by atoms with Gasteiger partial charge in [-0.25, -0.2) is 9.36 Å². The molecule has 16 heteroatoms. The van der Waals surface area contributed by atoms with Crippen LogP contribution in [0.1, 0.15) is 79.4 Å². The summed E-state index contributed by atoms with van der Waals surface area (Å²) in [4.78, 5) is 69.0. The van der Waals surface area contributed by atoms with Crippen molar-refractivity contribution in [3.63, 3.8) is 0 Å². The summed E-state index contributed by atoms with van der Waals surface area (Å²) in [6.07, 6.45) is 3.62. The molecule has 0 radical (unpaired) electrons. The van der Waals surface area contributed by atoms with Crippen molar-refractivity contribution in [3.8, 4) is 22.8 Å². The number of unbranched alkanes of at least 4 members (excludes halogenated alkanes) is 2. The van der Waals surface area contributed by atoms with E-state index in [0.29, 0.717) is 56.8 Å². The summed E-state index contributed by atoms with van der Waals surface area (Å²) >= 11 is 0. The SMILES string of the molecule is CCCCCC(C(=O)NCNC(=O)c1ccc(-c2cc(OCC)cc(O[PH](=O)O)c2)o1)C(CC)N(C=O)OC(=O)c1ccc(CN2CCOCC2)cc1. The van der Waals surface area contributed by atoms with Gasteiger partial charge >= 0.3 is 14.2 Å². The lowest BCUT2D eigenvalue weighted by molar-refractivity contribution is -0.171. The quantitative estimate of drug-likeness (QED) is 0.0438. The van der Waals surface area contributed by atoms with E-state index in [0.717, 1.165) is 43.1 Å². The number of carbonyl (C=O) groups excluding carboxylic acids is 4. The summed E-state index contributed by atoms with van der Waals surface area (Å²) in [5.41, 5.74) is 1.75. The van der Waals surface area contributed by atoms with Crippen molar-refractivity contribution in [2.24, 2.45) is 5.92 Å². The summed E-state index contributed by atoms with van der Waals surface area (Å²) < 4.78 is 32.9. The zero-order valence-electron chi connectivity index (χ0n) is 30.3. The maximum atomic E-state index is 13.6. The van der Waals surface area contributed by atoms with Crippen LogP contribution in [0.3, 0.4) is 0 Å². The minimum Gasteiger partial charge on any atom is -0.494 e. The van der Waals surface area contributed by atoms with Crippen molar-refractivity contribution >= 4 is 32.4 Å². The van der Waals surface area contributed by atoms with Gasteiger partial charge in [-0.05, 0) is 61.7 Å². The molecule has 15 nitrogen and oxygen atoms in total. The first kappa shape index (κ1) is 41.1. The normalized spacial score (nSPS) is 14.7. The van der Waals surface area contributed by atoms with Crippen LogP contribution in [0, 0.1) is 5.92 Å². The van der Waals surface area contributed by atoms with Gasteiger partial charge in [0.2, 0.25) is 12.3 Å². The van der Waals surface area contributed by atoms with Crippen LogP contribution >= 0.6 is 8.25 Å². The summed E-state index contributed by atoms with van der Waals surface area (Å²) in [7, 11) is -3.27. The number of benzene rings is 2. The summed E-state index contributed by atoms with van der Waals surface area (Å²) in [5.74, 6) is -1.79. The van der Waals surface area contributed by atoms with Crippen LogP contribution in [0.4, 0.5) is 0 Å². The highest BCUT2D eigenvalue weighted by atomic mass is 31.1. The molecule has 2 aromatic carbocycles. The molecule has 1 aliphatic heterocycles. The van der Waals surface area contributed by atoms with Gasteiger partial charge in [-0.3, -0.25) is 19.3 Å². The van der Waals surface area contributed by atoms with E-state index < -0.39 is 38.0 Å². The molecule has 3 aromatic rings. The zero-order valence-corrected chi connectivity index (χ0v) is 31.3. The summed E-state index contributed by atoms with van der Waals surface area (Å²) in [5, 5.41) is 6.25. The van der Waals surface area contributed by atoms with Gasteiger partial charge in [0.25, 0.3) is 5.91 Å². The Labute approximate surface area is 309 Å². The molecule has 1 aliphatic rings. The van der Waals surface area contributed by atoms with Crippen LogP contribution < -0.4 is 19.9 Å². The number of hydroxylamine groups is 2. The molecular formula is C37H49N4O11P. The highest BCUT2D eigenvalue weighted by Crippen LogP contribution is 2.34. The van der Waals surface area contributed by atoms with Crippen LogP contribution in [0.2, 0.25) is 0 Å². The van der Waals surface area contributed by atoms with Gasteiger partial charge in [-0.15, -0.1) is 0 Å². The number of ether oxygens (including phenoxy) is 2. The zero-order chi connectivity index (χ0) is 38.2. The molecule has 0 spiro atoms. The number of nitrogens with zero attached hydrogens (tertiary/aromatic N) is 2. The topological polar surface area (TPSA) is 186 Å².